The maximum atomic E-state index is 11.9. The van der Waals surface area contributed by atoms with Gasteiger partial charge in [0.15, 0.2) is 0 Å². The highest BCUT2D eigenvalue weighted by atomic mass is 32.1. The fourth-order valence-electron chi connectivity index (χ4n) is 1.95. The highest BCUT2D eigenvalue weighted by Crippen LogP contribution is 2.20. The molecule has 104 valence electrons. The summed E-state index contributed by atoms with van der Waals surface area (Å²) < 4.78 is 0. The van der Waals surface area contributed by atoms with E-state index in [9.17, 15) is 9.59 Å². The van der Waals surface area contributed by atoms with Crippen molar-refractivity contribution in [2.75, 3.05) is 18.4 Å². The zero-order chi connectivity index (χ0) is 13.8. The van der Waals surface area contributed by atoms with Crippen molar-refractivity contribution < 1.29 is 14.7 Å². The molecule has 7 nitrogen and oxygen atoms in total. The number of anilines is 1. The van der Waals surface area contributed by atoms with Gasteiger partial charge in [0.25, 0.3) is 0 Å². The van der Waals surface area contributed by atoms with E-state index in [1.807, 2.05) is 6.92 Å². The largest absolute Gasteiger partial charge is 0.481 e. The van der Waals surface area contributed by atoms with E-state index < -0.39 is 5.97 Å². The first-order valence-electron chi connectivity index (χ1n) is 6.21. The van der Waals surface area contributed by atoms with Crippen LogP contribution in [-0.2, 0) is 11.2 Å². The van der Waals surface area contributed by atoms with Gasteiger partial charge in [-0.15, -0.1) is 10.2 Å². The van der Waals surface area contributed by atoms with Gasteiger partial charge in [-0.2, -0.15) is 0 Å². The summed E-state index contributed by atoms with van der Waals surface area (Å²) in [6.45, 7) is 2.90. The van der Waals surface area contributed by atoms with Crippen LogP contribution in [0.5, 0.6) is 0 Å². The van der Waals surface area contributed by atoms with Crippen LogP contribution in [0.3, 0.4) is 0 Å². The Hall–Kier alpha value is -1.70. The van der Waals surface area contributed by atoms with Crippen LogP contribution >= 0.6 is 11.3 Å². The van der Waals surface area contributed by atoms with Crippen molar-refractivity contribution in [1.82, 2.24) is 15.1 Å². The summed E-state index contributed by atoms with van der Waals surface area (Å²) in [6, 6.07) is -0.234. The Balaban J connectivity index is 1.86. The molecule has 0 unspecified atom stereocenters. The normalized spacial score (nSPS) is 16.4. The molecule has 2 N–H and O–H groups in total. The van der Waals surface area contributed by atoms with Crippen LogP contribution in [0.2, 0.25) is 0 Å². The van der Waals surface area contributed by atoms with Gasteiger partial charge < -0.3 is 10.0 Å². The van der Waals surface area contributed by atoms with Crippen molar-refractivity contribution >= 4 is 28.5 Å². The minimum Gasteiger partial charge on any atom is -0.481 e. The lowest BCUT2D eigenvalue weighted by Crippen LogP contribution is -2.42. The van der Waals surface area contributed by atoms with Crippen LogP contribution < -0.4 is 5.32 Å². The van der Waals surface area contributed by atoms with Gasteiger partial charge in [0, 0.05) is 13.1 Å². The van der Waals surface area contributed by atoms with Gasteiger partial charge >= 0.3 is 12.0 Å². The molecular formula is C11H16N4O3S. The molecule has 1 saturated heterocycles. The quantitative estimate of drug-likeness (QED) is 0.875. The second-order valence-electron chi connectivity index (χ2n) is 4.38. The van der Waals surface area contributed by atoms with E-state index in [1.54, 1.807) is 4.90 Å². The smallest absolute Gasteiger partial charge is 0.323 e. The van der Waals surface area contributed by atoms with Crippen molar-refractivity contribution in [3.8, 4) is 0 Å². The van der Waals surface area contributed by atoms with E-state index in [1.165, 1.54) is 11.3 Å². The first-order chi connectivity index (χ1) is 9.10. The number of aromatic nitrogens is 2. The van der Waals surface area contributed by atoms with Gasteiger partial charge in [-0.25, -0.2) is 4.79 Å². The molecule has 0 aromatic carbocycles. The van der Waals surface area contributed by atoms with E-state index in [0.29, 0.717) is 31.1 Å². The number of hydrogen-bond donors (Lipinski definition) is 2. The van der Waals surface area contributed by atoms with Gasteiger partial charge in [0.05, 0.1) is 5.92 Å². The minimum absolute atomic E-state index is 0.234. The Morgan fingerprint density at radius 1 is 1.42 bits per heavy atom. The minimum atomic E-state index is -0.781. The lowest BCUT2D eigenvalue weighted by atomic mass is 9.97. The Morgan fingerprint density at radius 2 is 2.11 bits per heavy atom. The summed E-state index contributed by atoms with van der Waals surface area (Å²) in [5, 5.41) is 20.8. The molecule has 19 heavy (non-hydrogen) atoms. The van der Waals surface area contributed by atoms with Crippen molar-refractivity contribution in [1.29, 1.82) is 0 Å². The van der Waals surface area contributed by atoms with Gasteiger partial charge in [0.1, 0.15) is 5.01 Å². The Morgan fingerprint density at radius 3 is 2.63 bits per heavy atom. The number of carbonyl (C=O) groups excluding carboxylic acids is 1. The van der Waals surface area contributed by atoms with Gasteiger partial charge in [-0.3, -0.25) is 10.1 Å². The first-order valence-corrected chi connectivity index (χ1v) is 7.03. The van der Waals surface area contributed by atoms with E-state index in [0.717, 1.165) is 11.4 Å². The summed E-state index contributed by atoms with van der Waals surface area (Å²) in [5.41, 5.74) is 0. The van der Waals surface area contributed by atoms with Gasteiger partial charge in [-0.05, 0) is 19.3 Å². The summed E-state index contributed by atoms with van der Waals surface area (Å²) >= 11 is 1.36. The van der Waals surface area contributed by atoms with Crippen LogP contribution in [0, 0.1) is 5.92 Å². The molecule has 1 aromatic rings. The van der Waals surface area contributed by atoms with Crippen LogP contribution in [0.25, 0.3) is 0 Å². The number of nitrogens with one attached hydrogen (secondary N) is 1. The van der Waals surface area contributed by atoms with E-state index in [4.69, 9.17) is 5.11 Å². The van der Waals surface area contributed by atoms with Crippen molar-refractivity contribution in [2.24, 2.45) is 5.92 Å². The van der Waals surface area contributed by atoms with E-state index in [2.05, 4.69) is 15.5 Å². The Kier molecular flexibility index (Phi) is 4.31. The molecule has 1 aliphatic rings. The number of aliphatic carboxylic acids is 1. The molecule has 0 radical (unpaired) electrons. The SMILES string of the molecule is CCc1nnc(NC(=O)N2CCC(C(=O)O)CC2)s1. The number of urea groups is 1. The van der Waals surface area contributed by atoms with Crippen molar-refractivity contribution in [3.63, 3.8) is 0 Å². The third-order valence-corrected chi connectivity index (χ3v) is 4.10. The Bertz CT molecular complexity index is 468. The van der Waals surface area contributed by atoms with Crippen LogP contribution in [0.1, 0.15) is 24.8 Å². The molecule has 1 aliphatic heterocycles. The zero-order valence-electron chi connectivity index (χ0n) is 10.6. The molecule has 1 fully saturated rings. The number of aryl methyl sites for hydroxylation is 1. The summed E-state index contributed by atoms with van der Waals surface area (Å²) in [7, 11) is 0. The number of nitrogens with zero attached hydrogens (tertiary/aromatic N) is 3. The molecule has 2 amide bonds. The lowest BCUT2D eigenvalue weighted by molar-refractivity contribution is -0.143. The summed E-state index contributed by atoms with van der Waals surface area (Å²) in [5.74, 6) is -1.12. The maximum absolute atomic E-state index is 11.9. The molecule has 0 aliphatic carbocycles. The zero-order valence-corrected chi connectivity index (χ0v) is 11.4. The lowest BCUT2D eigenvalue weighted by Gasteiger charge is -2.29. The first kappa shape index (κ1) is 13.7. The number of hydrogen-bond acceptors (Lipinski definition) is 5. The summed E-state index contributed by atoms with van der Waals surface area (Å²) in [6.07, 6.45) is 1.79. The van der Waals surface area contributed by atoms with Crippen LogP contribution in [-0.4, -0.2) is 45.3 Å². The predicted octanol–water partition coefficient (Wildman–Crippen LogP) is 1.43. The molecule has 2 rings (SSSR count). The standard InChI is InChI=1S/C11H16N4O3S/c1-2-8-13-14-10(19-8)12-11(18)15-5-3-7(4-6-15)9(16)17/h7H,2-6H2,1H3,(H,16,17)(H,12,14,18). The molecule has 0 saturated carbocycles. The number of carboxylic acids is 1. The molecule has 0 bridgehead atoms. The number of likely N-dealkylation sites (tertiary alicyclic amines) is 1. The number of carboxylic acid groups (broad SMARTS) is 1. The average molecular weight is 284 g/mol. The third-order valence-electron chi connectivity index (χ3n) is 3.11. The maximum Gasteiger partial charge on any atom is 0.323 e. The second kappa shape index (κ2) is 5.96. The molecule has 2 heterocycles. The number of amides is 2. The monoisotopic (exact) mass is 284 g/mol. The number of carbonyl (C=O) groups is 2. The third kappa shape index (κ3) is 3.40. The van der Waals surface area contributed by atoms with Crippen LogP contribution in [0.15, 0.2) is 0 Å². The highest BCUT2D eigenvalue weighted by Gasteiger charge is 2.27. The van der Waals surface area contributed by atoms with Crippen LogP contribution in [0.4, 0.5) is 9.93 Å². The fourth-order valence-corrected chi connectivity index (χ4v) is 2.62. The van der Waals surface area contributed by atoms with Crippen molar-refractivity contribution in [3.05, 3.63) is 5.01 Å². The van der Waals surface area contributed by atoms with E-state index >= 15 is 0 Å². The Labute approximate surface area is 114 Å². The van der Waals surface area contributed by atoms with Gasteiger partial charge in [-0.1, -0.05) is 18.3 Å². The molecule has 8 heteroatoms. The summed E-state index contributed by atoms with van der Waals surface area (Å²) in [4.78, 5) is 24.4. The van der Waals surface area contributed by atoms with Crippen molar-refractivity contribution in [2.45, 2.75) is 26.2 Å². The second-order valence-corrected chi connectivity index (χ2v) is 5.45. The fraction of sp³-hybridized carbons (Fsp3) is 0.636. The molecule has 0 atom stereocenters. The number of rotatable bonds is 3. The van der Waals surface area contributed by atoms with E-state index in [-0.39, 0.29) is 11.9 Å². The molecular weight excluding hydrogens is 268 g/mol. The predicted molar refractivity (Wildman–Crippen MR) is 70.2 cm³/mol. The highest BCUT2D eigenvalue weighted by molar-refractivity contribution is 7.15. The topological polar surface area (TPSA) is 95.4 Å². The molecule has 1 aromatic heterocycles. The number of piperidine rings is 1. The van der Waals surface area contributed by atoms with Gasteiger partial charge in [0.2, 0.25) is 5.13 Å². The molecule has 0 spiro atoms. The average Bonchev–Trinajstić information content (AvgIpc) is 2.86.